The molecule has 29 heavy (non-hydrogen) atoms. The van der Waals surface area contributed by atoms with E-state index in [0.29, 0.717) is 0 Å². The molecule has 0 saturated heterocycles. The normalized spacial score (nSPS) is 13.7. The SMILES string of the molecule is CCCN(CC1CC1)c1c(C)nc(-c2c(C)cc(C)cc2OC)c2ccccc12. The molecule has 0 unspecified atom stereocenters. The highest BCUT2D eigenvalue weighted by Gasteiger charge is 2.27. The quantitative estimate of drug-likeness (QED) is 0.464. The Morgan fingerprint density at radius 1 is 1.07 bits per heavy atom. The van der Waals surface area contributed by atoms with Gasteiger partial charge in [-0.15, -0.1) is 0 Å². The molecule has 0 aliphatic heterocycles. The van der Waals surface area contributed by atoms with Crippen LogP contribution in [0.15, 0.2) is 36.4 Å². The number of hydrogen-bond donors (Lipinski definition) is 0. The maximum absolute atomic E-state index is 5.78. The number of methoxy groups -OCH3 is 1. The van der Waals surface area contributed by atoms with E-state index in [0.717, 1.165) is 48.1 Å². The number of rotatable bonds is 7. The summed E-state index contributed by atoms with van der Waals surface area (Å²) in [7, 11) is 1.75. The lowest BCUT2D eigenvalue weighted by Gasteiger charge is -2.28. The monoisotopic (exact) mass is 388 g/mol. The smallest absolute Gasteiger partial charge is 0.128 e. The predicted molar refractivity (Wildman–Crippen MR) is 123 cm³/mol. The third-order valence-electron chi connectivity index (χ3n) is 5.95. The third-order valence-corrected chi connectivity index (χ3v) is 5.95. The van der Waals surface area contributed by atoms with Crippen molar-refractivity contribution in [3.05, 3.63) is 53.2 Å². The van der Waals surface area contributed by atoms with Gasteiger partial charge in [0.15, 0.2) is 0 Å². The number of fused-ring (bicyclic) bond motifs is 1. The number of hydrogen-bond acceptors (Lipinski definition) is 3. The first kappa shape index (κ1) is 19.8. The molecule has 1 saturated carbocycles. The summed E-state index contributed by atoms with van der Waals surface area (Å²) in [4.78, 5) is 7.75. The topological polar surface area (TPSA) is 25.4 Å². The average Bonchev–Trinajstić information content (AvgIpc) is 3.51. The fraction of sp³-hybridized carbons (Fsp3) is 0.423. The number of ether oxygens (including phenoxy) is 1. The van der Waals surface area contributed by atoms with Crippen LogP contribution in [0.25, 0.3) is 22.0 Å². The van der Waals surface area contributed by atoms with Gasteiger partial charge < -0.3 is 9.64 Å². The number of anilines is 1. The molecule has 3 nitrogen and oxygen atoms in total. The molecule has 0 spiro atoms. The van der Waals surface area contributed by atoms with Crippen LogP contribution in [-0.4, -0.2) is 25.2 Å². The van der Waals surface area contributed by atoms with Crippen molar-refractivity contribution >= 4 is 16.5 Å². The Bertz CT molecular complexity index is 1040. The van der Waals surface area contributed by atoms with Gasteiger partial charge in [0.25, 0.3) is 0 Å². The van der Waals surface area contributed by atoms with Gasteiger partial charge in [-0.2, -0.15) is 0 Å². The zero-order valence-electron chi connectivity index (χ0n) is 18.4. The van der Waals surface area contributed by atoms with Crippen LogP contribution >= 0.6 is 0 Å². The molecule has 4 rings (SSSR count). The number of aromatic nitrogens is 1. The van der Waals surface area contributed by atoms with Gasteiger partial charge in [0.2, 0.25) is 0 Å². The van der Waals surface area contributed by atoms with E-state index in [9.17, 15) is 0 Å². The highest BCUT2D eigenvalue weighted by atomic mass is 16.5. The van der Waals surface area contributed by atoms with E-state index in [1.165, 1.54) is 40.4 Å². The van der Waals surface area contributed by atoms with Gasteiger partial charge in [-0.3, -0.25) is 4.98 Å². The zero-order chi connectivity index (χ0) is 20.5. The molecule has 1 aliphatic rings. The molecule has 1 aromatic heterocycles. The summed E-state index contributed by atoms with van der Waals surface area (Å²) in [5, 5.41) is 2.50. The van der Waals surface area contributed by atoms with Gasteiger partial charge in [0.05, 0.1) is 24.2 Å². The summed E-state index contributed by atoms with van der Waals surface area (Å²) in [5.41, 5.74) is 6.96. The van der Waals surface area contributed by atoms with E-state index in [1.54, 1.807) is 7.11 Å². The van der Waals surface area contributed by atoms with Crippen LogP contribution in [0, 0.1) is 26.7 Å². The summed E-state index contributed by atoms with van der Waals surface area (Å²) in [6, 6.07) is 13.1. The van der Waals surface area contributed by atoms with Gasteiger partial charge in [-0.1, -0.05) is 37.3 Å². The third kappa shape index (κ3) is 3.83. The maximum atomic E-state index is 5.78. The molecule has 1 heterocycles. The Labute approximate surface area is 174 Å². The minimum atomic E-state index is 0.846. The van der Waals surface area contributed by atoms with Crippen LogP contribution in [0.1, 0.15) is 43.0 Å². The first-order valence-electron chi connectivity index (χ1n) is 10.8. The molecule has 1 fully saturated rings. The fourth-order valence-corrected chi connectivity index (χ4v) is 4.53. The van der Waals surface area contributed by atoms with E-state index >= 15 is 0 Å². The van der Waals surface area contributed by atoms with Crippen LogP contribution in [-0.2, 0) is 0 Å². The summed E-state index contributed by atoms with van der Waals surface area (Å²) >= 11 is 0. The number of aryl methyl sites for hydroxylation is 3. The molecule has 0 amide bonds. The van der Waals surface area contributed by atoms with Crippen LogP contribution in [0.4, 0.5) is 5.69 Å². The zero-order valence-corrected chi connectivity index (χ0v) is 18.4. The Morgan fingerprint density at radius 2 is 1.79 bits per heavy atom. The van der Waals surface area contributed by atoms with Crippen LogP contribution in [0.2, 0.25) is 0 Å². The molecule has 0 bridgehead atoms. The highest BCUT2D eigenvalue weighted by Crippen LogP contribution is 2.42. The molecule has 1 aliphatic carbocycles. The predicted octanol–water partition coefficient (Wildman–Crippen LogP) is 6.46. The maximum Gasteiger partial charge on any atom is 0.128 e. The standard InChI is InChI=1S/C26H32N2O/c1-6-13-28(16-20-11-12-20)26-19(4)27-25(21-9-7-8-10-22(21)26)24-18(3)14-17(2)15-23(24)29-5/h7-10,14-15,20H,6,11-13,16H2,1-5H3. The van der Waals surface area contributed by atoms with Gasteiger partial charge in [0.1, 0.15) is 5.75 Å². The van der Waals surface area contributed by atoms with E-state index in [2.05, 4.69) is 69.0 Å². The minimum absolute atomic E-state index is 0.846. The van der Waals surface area contributed by atoms with Crippen molar-refractivity contribution in [1.82, 2.24) is 4.98 Å². The van der Waals surface area contributed by atoms with Crippen molar-refractivity contribution in [2.45, 2.75) is 47.0 Å². The van der Waals surface area contributed by atoms with Crippen molar-refractivity contribution in [2.24, 2.45) is 5.92 Å². The van der Waals surface area contributed by atoms with Crippen molar-refractivity contribution in [2.75, 3.05) is 25.1 Å². The number of pyridine rings is 1. The lowest BCUT2D eigenvalue weighted by Crippen LogP contribution is -2.28. The lowest BCUT2D eigenvalue weighted by atomic mass is 9.96. The molecule has 0 atom stereocenters. The minimum Gasteiger partial charge on any atom is -0.496 e. The molecular formula is C26H32N2O. The second-order valence-corrected chi connectivity index (χ2v) is 8.49. The van der Waals surface area contributed by atoms with Gasteiger partial charge >= 0.3 is 0 Å². The van der Waals surface area contributed by atoms with Gasteiger partial charge in [-0.25, -0.2) is 0 Å². The fourth-order valence-electron chi connectivity index (χ4n) is 4.53. The summed E-state index contributed by atoms with van der Waals surface area (Å²) < 4.78 is 5.78. The summed E-state index contributed by atoms with van der Waals surface area (Å²) in [6.07, 6.45) is 3.87. The van der Waals surface area contributed by atoms with Crippen LogP contribution in [0.5, 0.6) is 5.75 Å². The van der Waals surface area contributed by atoms with Crippen molar-refractivity contribution in [3.8, 4) is 17.0 Å². The molecule has 3 heteroatoms. The van der Waals surface area contributed by atoms with E-state index < -0.39 is 0 Å². The van der Waals surface area contributed by atoms with Gasteiger partial charge in [-0.05, 0) is 63.1 Å². The largest absolute Gasteiger partial charge is 0.496 e. The van der Waals surface area contributed by atoms with Crippen molar-refractivity contribution in [3.63, 3.8) is 0 Å². The second kappa shape index (κ2) is 8.06. The van der Waals surface area contributed by atoms with E-state index in [1.807, 2.05) is 0 Å². The Kier molecular flexibility index (Phi) is 5.49. The Balaban J connectivity index is 1.95. The van der Waals surface area contributed by atoms with E-state index in [-0.39, 0.29) is 0 Å². The summed E-state index contributed by atoms with van der Waals surface area (Å²) in [6.45, 7) is 10.9. The van der Waals surface area contributed by atoms with Crippen LogP contribution in [0.3, 0.4) is 0 Å². The first-order valence-corrected chi connectivity index (χ1v) is 10.8. The highest BCUT2D eigenvalue weighted by molar-refractivity contribution is 6.04. The Hall–Kier alpha value is -2.55. The van der Waals surface area contributed by atoms with Crippen molar-refractivity contribution < 1.29 is 4.74 Å². The molecule has 152 valence electrons. The van der Waals surface area contributed by atoms with Crippen LogP contribution < -0.4 is 9.64 Å². The molecular weight excluding hydrogens is 356 g/mol. The van der Waals surface area contributed by atoms with Gasteiger partial charge in [0, 0.05) is 29.4 Å². The van der Waals surface area contributed by atoms with E-state index in [4.69, 9.17) is 9.72 Å². The molecule has 2 aromatic carbocycles. The average molecular weight is 389 g/mol. The number of nitrogens with zero attached hydrogens (tertiary/aromatic N) is 2. The second-order valence-electron chi connectivity index (χ2n) is 8.49. The molecule has 3 aromatic rings. The number of benzene rings is 2. The summed E-state index contributed by atoms with van der Waals surface area (Å²) in [5.74, 6) is 1.74. The lowest BCUT2D eigenvalue weighted by molar-refractivity contribution is 0.415. The Morgan fingerprint density at radius 3 is 2.45 bits per heavy atom. The van der Waals surface area contributed by atoms with Crippen molar-refractivity contribution in [1.29, 1.82) is 0 Å². The molecule has 0 radical (unpaired) electrons. The molecule has 0 N–H and O–H groups in total. The first-order chi connectivity index (χ1) is 14.0.